The Morgan fingerprint density at radius 1 is 0.893 bits per heavy atom. The van der Waals surface area contributed by atoms with Crippen molar-refractivity contribution in [1.82, 2.24) is 14.4 Å². The van der Waals surface area contributed by atoms with E-state index >= 15 is 0 Å². The van der Waals surface area contributed by atoms with Crippen molar-refractivity contribution in [2.24, 2.45) is 0 Å². The molecule has 6 heteroatoms. The molecule has 6 nitrogen and oxygen atoms in total. The normalized spacial score (nSPS) is 14.6. The first kappa shape index (κ1) is 18.2. The Balaban J connectivity index is 1.73. The number of para-hydroxylation sites is 1. The number of carbonyl (C=O) groups is 2. The van der Waals surface area contributed by atoms with E-state index in [0.717, 1.165) is 16.6 Å². The van der Waals surface area contributed by atoms with Crippen LogP contribution in [-0.4, -0.2) is 52.4 Å². The average molecular weight is 377 g/mol. The highest BCUT2D eigenvalue weighted by molar-refractivity contribution is 5.95. The Hall–Kier alpha value is -3.15. The van der Waals surface area contributed by atoms with Gasteiger partial charge in [-0.15, -0.1) is 0 Å². The number of fused-ring (bicyclic) bond motifs is 2. The highest BCUT2D eigenvalue weighted by atomic mass is 16.2. The molecule has 1 fully saturated rings. The molecule has 0 N–H and O–H groups in total. The fourth-order valence-electron chi connectivity index (χ4n) is 3.92. The SMILES string of the molecule is CC(=O)N1CCN(C(=O)Cn2c3ccccc3c(=O)c3cc(C)ccc32)CC1. The summed E-state index contributed by atoms with van der Waals surface area (Å²) in [6.07, 6.45) is 0. The lowest BCUT2D eigenvalue weighted by atomic mass is 10.1. The van der Waals surface area contributed by atoms with Gasteiger partial charge in [0.2, 0.25) is 11.8 Å². The van der Waals surface area contributed by atoms with Crippen LogP contribution < -0.4 is 5.43 Å². The average Bonchev–Trinajstić information content (AvgIpc) is 2.71. The van der Waals surface area contributed by atoms with Crippen LogP contribution in [0.2, 0.25) is 0 Å². The molecule has 28 heavy (non-hydrogen) atoms. The highest BCUT2D eigenvalue weighted by Gasteiger charge is 2.23. The number of nitrogens with zero attached hydrogens (tertiary/aromatic N) is 3. The number of amides is 2. The number of hydrogen-bond donors (Lipinski definition) is 0. The van der Waals surface area contributed by atoms with Crippen molar-refractivity contribution in [3.8, 4) is 0 Å². The van der Waals surface area contributed by atoms with Gasteiger partial charge in [-0.2, -0.15) is 0 Å². The van der Waals surface area contributed by atoms with Crippen molar-refractivity contribution in [3.05, 3.63) is 58.3 Å². The first-order valence-electron chi connectivity index (χ1n) is 9.51. The smallest absolute Gasteiger partial charge is 0.242 e. The molecule has 0 aliphatic carbocycles. The first-order chi connectivity index (χ1) is 13.5. The molecule has 0 spiro atoms. The molecule has 0 unspecified atom stereocenters. The van der Waals surface area contributed by atoms with Crippen molar-refractivity contribution < 1.29 is 9.59 Å². The summed E-state index contributed by atoms with van der Waals surface area (Å²) in [6.45, 7) is 5.87. The molecule has 2 amide bonds. The predicted molar refractivity (Wildman–Crippen MR) is 109 cm³/mol. The molecule has 3 aromatic rings. The van der Waals surface area contributed by atoms with Crippen LogP contribution in [0.15, 0.2) is 47.3 Å². The third-order valence-corrected chi connectivity index (χ3v) is 5.50. The topological polar surface area (TPSA) is 62.6 Å². The maximum Gasteiger partial charge on any atom is 0.242 e. The molecule has 0 saturated carbocycles. The van der Waals surface area contributed by atoms with Gasteiger partial charge < -0.3 is 14.4 Å². The lowest BCUT2D eigenvalue weighted by Gasteiger charge is -2.34. The van der Waals surface area contributed by atoms with Gasteiger partial charge in [0.05, 0.1) is 11.0 Å². The van der Waals surface area contributed by atoms with Gasteiger partial charge in [0.15, 0.2) is 5.43 Å². The zero-order chi connectivity index (χ0) is 19.8. The Morgan fingerprint density at radius 3 is 2.25 bits per heavy atom. The number of pyridine rings is 1. The van der Waals surface area contributed by atoms with Crippen molar-refractivity contribution in [3.63, 3.8) is 0 Å². The minimum absolute atomic E-state index is 0.00104. The van der Waals surface area contributed by atoms with Gasteiger partial charge in [-0.05, 0) is 31.2 Å². The third-order valence-electron chi connectivity index (χ3n) is 5.50. The van der Waals surface area contributed by atoms with Crippen LogP contribution in [0.3, 0.4) is 0 Å². The Bertz CT molecular complexity index is 1140. The molecular formula is C22H23N3O3. The van der Waals surface area contributed by atoms with Crippen molar-refractivity contribution in [2.45, 2.75) is 20.4 Å². The maximum absolute atomic E-state index is 13.0. The van der Waals surface area contributed by atoms with Crippen LogP contribution in [0.5, 0.6) is 0 Å². The number of rotatable bonds is 2. The van der Waals surface area contributed by atoms with E-state index in [0.29, 0.717) is 37.0 Å². The summed E-state index contributed by atoms with van der Waals surface area (Å²) in [5.74, 6) is 0.0405. The van der Waals surface area contributed by atoms with Crippen LogP contribution in [0, 0.1) is 6.92 Å². The summed E-state index contributed by atoms with van der Waals surface area (Å²) < 4.78 is 1.94. The highest BCUT2D eigenvalue weighted by Crippen LogP contribution is 2.21. The maximum atomic E-state index is 13.0. The molecular weight excluding hydrogens is 354 g/mol. The van der Waals surface area contributed by atoms with Gasteiger partial charge in [0.25, 0.3) is 0 Å². The second-order valence-corrected chi connectivity index (χ2v) is 7.34. The second-order valence-electron chi connectivity index (χ2n) is 7.34. The third kappa shape index (κ3) is 3.15. The summed E-state index contributed by atoms with van der Waals surface area (Å²) in [6, 6.07) is 13.2. The molecule has 1 aromatic heterocycles. The Morgan fingerprint density at radius 2 is 1.54 bits per heavy atom. The molecule has 2 aromatic carbocycles. The molecule has 0 bridgehead atoms. The van der Waals surface area contributed by atoms with E-state index in [9.17, 15) is 14.4 Å². The monoisotopic (exact) mass is 377 g/mol. The van der Waals surface area contributed by atoms with E-state index in [-0.39, 0.29) is 23.8 Å². The predicted octanol–water partition coefficient (Wildman–Crippen LogP) is 2.15. The summed E-state index contributed by atoms with van der Waals surface area (Å²) in [5, 5.41) is 1.25. The van der Waals surface area contributed by atoms with Crippen LogP contribution in [0.25, 0.3) is 21.8 Å². The van der Waals surface area contributed by atoms with Gasteiger partial charge in [-0.3, -0.25) is 14.4 Å². The standard InChI is InChI=1S/C22H23N3O3/c1-15-7-8-20-18(13-15)22(28)17-5-3-4-6-19(17)25(20)14-21(27)24-11-9-23(10-12-24)16(2)26/h3-8,13H,9-12,14H2,1-2H3. The zero-order valence-corrected chi connectivity index (χ0v) is 16.1. The lowest BCUT2D eigenvalue weighted by molar-refractivity contribution is -0.138. The van der Waals surface area contributed by atoms with E-state index in [1.807, 2.05) is 54.0 Å². The molecule has 2 heterocycles. The second kappa shape index (κ2) is 7.11. The summed E-state index contributed by atoms with van der Waals surface area (Å²) in [5.41, 5.74) is 2.54. The number of hydrogen-bond acceptors (Lipinski definition) is 3. The quantitative estimate of drug-likeness (QED) is 0.643. The Labute approximate surface area is 163 Å². The molecule has 1 aliphatic heterocycles. The summed E-state index contributed by atoms with van der Waals surface area (Å²) >= 11 is 0. The van der Waals surface area contributed by atoms with Crippen molar-refractivity contribution >= 4 is 33.6 Å². The fraction of sp³-hybridized carbons (Fsp3) is 0.318. The van der Waals surface area contributed by atoms with Crippen LogP contribution >= 0.6 is 0 Å². The van der Waals surface area contributed by atoms with Gasteiger partial charge >= 0.3 is 0 Å². The van der Waals surface area contributed by atoms with Crippen LogP contribution in [0.4, 0.5) is 0 Å². The van der Waals surface area contributed by atoms with E-state index in [1.54, 1.807) is 16.7 Å². The summed E-state index contributed by atoms with van der Waals surface area (Å²) in [7, 11) is 0. The van der Waals surface area contributed by atoms with Gasteiger partial charge in [-0.25, -0.2) is 0 Å². The molecule has 0 radical (unpaired) electrons. The number of benzene rings is 2. The van der Waals surface area contributed by atoms with Gasteiger partial charge in [-0.1, -0.05) is 23.8 Å². The molecule has 4 rings (SSSR count). The lowest BCUT2D eigenvalue weighted by Crippen LogP contribution is -2.50. The first-order valence-corrected chi connectivity index (χ1v) is 9.51. The van der Waals surface area contributed by atoms with E-state index in [2.05, 4.69) is 0 Å². The van der Waals surface area contributed by atoms with Gasteiger partial charge in [0, 0.05) is 43.9 Å². The Kier molecular flexibility index (Phi) is 4.63. The van der Waals surface area contributed by atoms with Crippen molar-refractivity contribution in [1.29, 1.82) is 0 Å². The summed E-state index contributed by atoms with van der Waals surface area (Å²) in [4.78, 5) is 41.0. The molecule has 1 saturated heterocycles. The molecule has 0 atom stereocenters. The van der Waals surface area contributed by atoms with E-state index in [4.69, 9.17) is 0 Å². The number of carbonyl (C=O) groups excluding carboxylic acids is 2. The van der Waals surface area contributed by atoms with Crippen molar-refractivity contribution in [2.75, 3.05) is 26.2 Å². The number of aryl methyl sites for hydroxylation is 1. The van der Waals surface area contributed by atoms with Crippen LogP contribution in [-0.2, 0) is 16.1 Å². The minimum atomic E-state index is -0.00642. The molecule has 1 aliphatic rings. The number of aromatic nitrogens is 1. The zero-order valence-electron chi connectivity index (χ0n) is 16.1. The van der Waals surface area contributed by atoms with E-state index in [1.165, 1.54) is 0 Å². The molecule has 144 valence electrons. The minimum Gasteiger partial charge on any atom is -0.339 e. The van der Waals surface area contributed by atoms with E-state index < -0.39 is 0 Å². The van der Waals surface area contributed by atoms with Crippen LogP contribution in [0.1, 0.15) is 12.5 Å². The number of piperazine rings is 1. The van der Waals surface area contributed by atoms with Gasteiger partial charge in [0.1, 0.15) is 6.54 Å². The fourth-order valence-corrected chi connectivity index (χ4v) is 3.92. The largest absolute Gasteiger partial charge is 0.339 e.